The Labute approximate surface area is 63.2 Å². The molecule has 0 aliphatic carbocycles. The van der Waals surface area contributed by atoms with Gasteiger partial charge in [0.1, 0.15) is 0 Å². The summed E-state index contributed by atoms with van der Waals surface area (Å²) in [6.07, 6.45) is 0.958. The van der Waals surface area contributed by atoms with Crippen LogP contribution in [-0.2, 0) is 9.31 Å². The van der Waals surface area contributed by atoms with Crippen molar-refractivity contribution in [3.63, 3.8) is 0 Å². The van der Waals surface area contributed by atoms with Gasteiger partial charge in [-0.25, -0.2) is 0 Å². The second kappa shape index (κ2) is 2.24. The van der Waals surface area contributed by atoms with Crippen LogP contribution in [0.25, 0.3) is 0 Å². The highest BCUT2D eigenvalue weighted by atomic mass is 16.6. The summed E-state index contributed by atoms with van der Waals surface area (Å²) in [5, 5.41) is 0. The van der Waals surface area contributed by atoms with Gasteiger partial charge in [0.05, 0.1) is 11.2 Å². The Kier molecular flexibility index (Phi) is 1.81. The standard InChI is InChI=1S/C7H15BO2/c1-6(2)5-7(3,4)10-8-9-6/h8H,5H2,1-4H3. The topological polar surface area (TPSA) is 18.5 Å². The van der Waals surface area contributed by atoms with Crippen molar-refractivity contribution in [1.82, 2.24) is 0 Å². The predicted molar refractivity (Wildman–Crippen MR) is 42.1 cm³/mol. The van der Waals surface area contributed by atoms with Gasteiger partial charge in [-0.1, -0.05) is 0 Å². The van der Waals surface area contributed by atoms with Crippen molar-refractivity contribution in [3.05, 3.63) is 0 Å². The number of rotatable bonds is 0. The van der Waals surface area contributed by atoms with E-state index < -0.39 is 0 Å². The van der Waals surface area contributed by atoms with E-state index in [0.717, 1.165) is 6.42 Å². The molecule has 0 spiro atoms. The predicted octanol–water partition coefficient (Wildman–Crippen LogP) is 1.25. The van der Waals surface area contributed by atoms with Gasteiger partial charge in [0.25, 0.3) is 0 Å². The van der Waals surface area contributed by atoms with Crippen molar-refractivity contribution in [2.75, 3.05) is 0 Å². The minimum absolute atomic E-state index is 0.0122. The van der Waals surface area contributed by atoms with E-state index in [1.54, 1.807) is 0 Å². The number of hydrogen-bond donors (Lipinski definition) is 0. The van der Waals surface area contributed by atoms with Gasteiger partial charge in [0.15, 0.2) is 0 Å². The van der Waals surface area contributed by atoms with Crippen molar-refractivity contribution in [3.8, 4) is 0 Å². The Morgan fingerprint density at radius 3 is 1.60 bits per heavy atom. The smallest absolute Gasteiger partial charge is 0.409 e. The van der Waals surface area contributed by atoms with E-state index in [4.69, 9.17) is 9.31 Å². The molecule has 1 aliphatic rings. The van der Waals surface area contributed by atoms with Crippen LogP contribution in [0.1, 0.15) is 34.1 Å². The average molecular weight is 142 g/mol. The molecule has 0 atom stereocenters. The first kappa shape index (κ1) is 8.09. The quantitative estimate of drug-likeness (QED) is 0.474. The fourth-order valence-corrected chi connectivity index (χ4v) is 1.48. The molecule has 3 heteroatoms. The molecular weight excluding hydrogens is 127 g/mol. The molecule has 1 saturated heterocycles. The summed E-state index contributed by atoms with van der Waals surface area (Å²) in [7, 11) is 0.431. The molecule has 58 valence electrons. The van der Waals surface area contributed by atoms with E-state index in [9.17, 15) is 0 Å². The highest BCUT2D eigenvalue weighted by Crippen LogP contribution is 2.29. The first-order valence-electron chi connectivity index (χ1n) is 3.69. The fraction of sp³-hybridized carbons (Fsp3) is 1.00. The Hall–Kier alpha value is -0.0151. The maximum atomic E-state index is 5.38. The normalized spacial score (nSPS) is 29.2. The van der Waals surface area contributed by atoms with Crippen molar-refractivity contribution >= 4 is 7.69 Å². The van der Waals surface area contributed by atoms with Gasteiger partial charge in [-0.3, -0.25) is 0 Å². The highest BCUT2D eigenvalue weighted by molar-refractivity contribution is 6.18. The van der Waals surface area contributed by atoms with E-state index in [0.29, 0.717) is 7.69 Å². The lowest BCUT2D eigenvalue weighted by Crippen LogP contribution is -2.45. The molecule has 10 heavy (non-hydrogen) atoms. The van der Waals surface area contributed by atoms with E-state index in [1.165, 1.54) is 0 Å². The van der Waals surface area contributed by atoms with Crippen LogP contribution < -0.4 is 0 Å². The van der Waals surface area contributed by atoms with Crippen LogP contribution >= 0.6 is 0 Å². The van der Waals surface area contributed by atoms with Crippen LogP contribution in [0.3, 0.4) is 0 Å². The van der Waals surface area contributed by atoms with E-state index >= 15 is 0 Å². The van der Waals surface area contributed by atoms with Crippen LogP contribution in [0.15, 0.2) is 0 Å². The van der Waals surface area contributed by atoms with E-state index in [1.807, 2.05) is 0 Å². The molecule has 0 aromatic carbocycles. The summed E-state index contributed by atoms with van der Waals surface area (Å²) < 4.78 is 10.8. The largest absolute Gasteiger partial charge is 0.438 e. The third-order valence-electron chi connectivity index (χ3n) is 1.75. The molecule has 1 aliphatic heterocycles. The maximum absolute atomic E-state index is 5.38. The maximum Gasteiger partial charge on any atom is 0.438 e. The number of hydrogen-bond acceptors (Lipinski definition) is 2. The summed E-state index contributed by atoms with van der Waals surface area (Å²) in [5.74, 6) is 0. The molecule has 0 bridgehead atoms. The van der Waals surface area contributed by atoms with Gasteiger partial charge in [-0.15, -0.1) is 0 Å². The molecular formula is C7H15BO2. The molecule has 0 aromatic heterocycles. The summed E-state index contributed by atoms with van der Waals surface area (Å²) in [6.45, 7) is 8.38. The lowest BCUT2D eigenvalue weighted by Gasteiger charge is -2.40. The van der Waals surface area contributed by atoms with E-state index in [-0.39, 0.29) is 11.2 Å². The lowest BCUT2D eigenvalue weighted by molar-refractivity contribution is -0.0636. The lowest BCUT2D eigenvalue weighted by atomic mass is 9.88. The summed E-state index contributed by atoms with van der Waals surface area (Å²) in [4.78, 5) is 0. The summed E-state index contributed by atoms with van der Waals surface area (Å²) in [5.41, 5.74) is -0.0243. The minimum atomic E-state index is -0.0122. The second-order valence-electron chi connectivity index (χ2n) is 4.10. The molecule has 1 fully saturated rings. The molecule has 0 unspecified atom stereocenters. The van der Waals surface area contributed by atoms with Crippen molar-refractivity contribution < 1.29 is 9.31 Å². The molecule has 0 saturated carbocycles. The monoisotopic (exact) mass is 142 g/mol. The second-order valence-corrected chi connectivity index (χ2v) is 4.10. The van der Waals surface area contributed by atoms with Gasteiger partial charge < -0.3 is 9.31 Å². The van der Waals surface area contributed by atoms with Gasteiger partial charge in [0, 0.05) is 6.42 Å². The molecule has 0 N–H and O–H groups in total. The summed E-state index contributed by atoms with van der Waals surface area (Å²) >= 11 is 0. The average Bonchev–Trinajstić information content (AvgIpc) is 1.56. The molecule has 0 radical (unpaired) electrons. The van der Waals surface area contributed by atoms with Crippen LogP contribution in [0.5, 0.6) is 0 Å². The van der Waals surface area contributed by atoms with Crippen molar-refractivity contribution in [2.24, 2.45) is 0 Å². The highest BCUT2D eigenvalue weighted by Gasteiger charge is 2.34. The van der Waals surface area contributed by atoms with Crippen LogP contribution in [0.2, 0.25) is 0 Å². The Morgan fingerprint density at radius 1 is 1.00 bits per heavy atom. The zero-order chi connectivity index (χ0) is 7.83. The van der Waals surface area contributed by atoms with Crippen LogP contribution in [0, 0.1) is 0 Å². The van der Waals surface area contributed by atoms with Crippen molar-refractivity contribution in [2.45, 2.75) is 45.3 Å². The zero-order valence-electron chi connectivity index (χ0n) is 7.23. The Morgan fingerprint density at radius 2 is 1.40 bits per heavy atom. The molecule has 0 aromatic rings. The molecule has 1 heterocycles. The van der Waals surface area contributed by atoms with Crippen LogP contribution in [0.4, 0.5) is 0 Å². The van der Waals surface area contributed by atoms with Crippen LogP contribution in [-0.4, -0.2) is 18.9 Å². The molecule has 2 nitrogen and oxygen atoms in total. The van der Waals surface area contributed by atoms with Gasteiger partial charge >= 0.3 is 7.69 Å². The Bertz CT molecular complexity index is 118. The minimum Gasteiger partial charge on any atom is -0.409 e. The third kappa shape index (κ3) is 1.99. The van der Waals surface area contributed by atoms with Gasteiger partial charge in [0.2, 0.25) is 0 Å². The molecule has 1 rings (SSSR count). The van der Waals surface area contributed by atoms with Crippen molar-refractivity contribution in [1.29, 1.82) is 0 Å². The van der Waals surface area contributed by atoms with Gasteiger partial charge in [-0.05, 0) is 27.7 Å². The third-order valence-corrected chi connectivity index (χ3v) is 1.75. The fourth-order valence-electron chi connectivity index (χ4n) is 1.48. The Balaban J connectivity index is 2.56. The first-order valence-corrected chi connectivity index (χ1v) is 3.69. The zero-order valence-corrected chi connectivity index (χ0v) is 7.23. The molecule has 0 amide bonds. The van der Waals surface area contributed by atoms with Gasteiger partial charge in [-0.2, -0.15) is 0 Å². The SMILES string of the molecule is CC1(C)CC(C)(C)OBO1. The first-order chi connectivity index (χ1) is 4.41. The summed E-state index contributed by atoms with van der Waals surface area (Å²) in [6, 6.07) is 0. The van der Waals surface area contributed by atoms with E-state index in [2.05, 4.69) is 27.7 Å².